The number of carbonyl (C=O) groups excluding carboxylic acids is 2. The normalized spacial score (nSPS) is 14.6. The van der Waals surface area contributed by atoms with Crippen molar-refractivity contribution in [1.29, 1.82) is 0 Å². The fourth-order valence-corrected chi connectivity index (χ4v) is 3.63. The third-order valence-corrected chi connectivity index (χ3v) is 5.35. The number of rotatable bonds is 7. The van der Waals surface area contributed by atoms with Crippen LogP contribution >= 0.6 is 0 Å². The zero-order valence-corrected chi connectivity index (χ0v) is 16.4. The van der Waals surface area contributed by atoms with Gasteiger partial charge in [-0.2, -0.15) is 0 Å². The van der Waals surface area contributed by atoms with E-state index in [9.17, 15) is 18.4 Å². The lowest BCUT2D eigenvalue weighted by Crippen LogP contribution is -2.43. The highest BCUT2D eigenvalue weighted by Gasteiger charge is 2.28. The fourth-order valence-electron chi connectivity index (χ4n) is 3.63. The molecule has 3 rings (SSSR count). The van der Waals surface area contributed by atoms with E-state index in [1.54, 1.807) is 0 Å². The first-order valence-electron chi connectivity index (χ1n) is 10.1. The van der Waals surface area contributed by atoms with Crippen LogP contribution < -0.4 is 5.32 Å². The summed E-state index contributed by atoms with van der Waals surface area (Å²) in [5, 5.41) is 2.99. The molecule has 1 N–H and O–H groups in total. The van der Waals surface area contributed by atoms with Gasteiger partial charge in [0, 0.05) is 31.6 Å². The van der Waals surface area contributed by atoms with Gasteiger partial charge in [-0.05, 0) is 49.8 Å². The van der Waals surface area contributed by atoms with Gasteiger partial charge in [0.1, 0.15) is 11.6 Å². The van der Waals surface area contributed by atoms with Gasteiger partial charge in [-0.3, -0.25) is 9.59 Å². The quantitative estimate of drug-likeness (QED) is 0.716. The van der Waals surface area contributed by atoms with E-state index >= 15 is 0 Å². The van der Waals surface area contributed by atoms with Gasteiger partial charge in [-0.1, -0.05) is 30.3 Å². The lowest BCUT2D eigenvalue weighted by atomic mass is 9.95. The molecule has 2 aromatic rings. The van der Waals surface area contributed by atoms with Crippen LogP contribution in [-0.2, 0) is 11.2 Å². The zero-order chi connectivity index (χ0) is 20.6. The second-order valence-electron chi connectivity index (χ2n) is 7.42. The van der Waals surface area contributed by atoms with E-state index in [4.69, 9.17) is 0 Å². The lowest BCUT2D eigenvalue weighted by Gasteiger charge is -2.31. The largest absolute Gasteiger partial charge is 0.356 e. The summed E-state index contributed by atoms with van der Waals surface area (Å²) in [5.41, 5.74) is 1.17. The van der Waals surface area contributed by atoms with Gasteiger partial charge in [0.15, 0.2) is 0 Å². The fraction of sp³-hybridized carbons (Fsp3) is 0.391. The number of aryl methyl sites for hydroxylation is 1. The van der Waals surface area contributed by atoms with Gasteiger partial charge in [0.05, 0.1) is 5.56 Å². The third-order valence-electron chi connectivity index (χ3n) is 5.35. The van der Waals surface area contributed by atoms with Crippen LogP contribution in [0.25, 0.3) is 0 Å². The summed E-state index contributed by atoms with van der Waals surface area (Å²) < 4.78 is 26.8. The Kier molecular flexibility index (Phi) is 7.33. The molecule has 1 saturated heterocycles. The van der Waals surface area contributed by atoms with E-state index in [0.29, 0.717) is 38.5 Å². The van der Waals surface area contributed by atoms with Crippen LogP contribution in [0.3, 0.4) is 0 Å². The van der Waals surface area contributed by atoms with Crippen molar-refractivity contribution in [2.45, 2.75) is 32.1 Å². The monoisotopic (exact) mass is 400 g/mol. The van der Waals surface area contributed by atoms with E-state index in [0.717, 1.165) is 25.3 Å². The van der Waals surface area contributed by atoms with Crippen LogP contribution in [0.15, 0.2) is 48.5 Å². The van der Waals surface area contributed by atoms with Gasteiger partial charge in [-0.15, -0.1) is 0 Å². The zero-order valence-electron chi connectivity index (χ0n) is 16.4. The minimum Gasteiger partial charge on any atom is -0.356 e. The Morgan fingerprint density at radius 1 is 1.00 bits per heavy atom. The third kappa shape index (κ3) is 5.86. The SMILES string of the molecule is O=C(NCCCCc1ccccc1)C1CCN(C(=O)c2ccc(F)cc2F)CC1. The number of piperidine rings is 1. The number of likely N-dealkylation sites (tertiary alicyclic amines) is 1. The molecule has 2 amide bonds. The molecule has 1 heterocycles. The number of hydrogen-bond acceptors (Lipinski definition) is 2. The maximum absolute atomic E-state index is 13.8. The van der Waals surface area contributed by atoms with Crippen LogP contribution in [0.4, 0.5) is 8.78 Å². The summed E-state index contributed by atoms with van der Waals surface area (Å²) in [4.78, 5) is 26.3. The molecule has 4 nitrogen and oxygen atoms in total. The summed E-state index contributed by atoms with van der Waals surface area (Å²) in [6, 6.07) is 13.2. The Bertz CT molecular complexity index is 834. The first-order chi connectivity index (χ1) is 14.0. The maximum atomic E-state index is 13.8. The van der Waals surface area contributed by atoms with Gasteiger partial charge >= 0.3 is 0 Å². The highest BCUT2D eigenvalue weighted by Crippen LogP contribution is 2.20. The highest BCUT2D eigenvalue weighted by atomic mass is 19.1. The van der Waals surface area contributed by atoms with Gasteiger partial charge in [0.25, 0.3) is 5.91 Å². The Balaban J connectivity index is 1.37. The Hall–Kier alpha value is -2.76. The first-order valence-corrected chi connectivity index (χ1v) is 10.1. The number of nitrogens with zero attached hydrogens (tertiary/aromatic N) is 1. The number of nitrogens with one attached hydrogen (secondary N) is 1. The predicted molar refractivity (Wildman–Crippen MR) is 107 cm³/mol. The minimum absolute atomic E-state index is 0.0183. The first kappa shape index (κ1) is 21.0. The molecule has 6 heteroatoms. The summed E-state index contributed by atoms with van der Waals surface area (Å²) in [5.74, 6) is -2.14. The summed E-state index contributed by atoms with van der Waals surface area (Å²) in [6.07, 6.45) is 4.02. The molecule has 1 aliphatic heterocycles. The molecule has 0 saturated carbocycles. The lowest BCUT2D eigenvalue weighted by molar-refractivity contribution is -0.126. The second kappa shape index (κ2) is 10.1. The molecule has 2 aromatic carbocycles. The molecule has 29 heavy (non-hydrogen) atoms. The summed E-state index contributed by atoms with van der Waals surface area (Å²) in [7, 11) is 0. The molecule has 154 valence electrons. The molecule has 0 aromatic heterocycles. The summed E-state index contributed by atoms with van der Waals surface area (Å²) in [6.45, 7) is 1.43. The Labute approximate surface area is 169 Å². The van der Waals surface area contributed by atoms with Gasteiger partial charge in [-0.25, -0.2) is 8.78 Å². The van der Waals surface area contributed by atoms with Gasteiger partial charge < -0.3 is 10.2 Å². The van der Waals surface area contributed by atoms with Crippen molar-refractivity contribution < 1.29 is 18.4 Å². The van der Waals surface area contributed by atoms with E-state index in [1.807, 2.05) is 18.2 Å². The van der Waals surface area contributed by atoms with Crippen molar-refractivity contribution in [1.82, 2.24) is 10.2 Å². The number of carbonyl (C=O) groups is 2. The van der Waals surface area contributed by atoms with Crippen molar-refractivity contribution >= 4 is 11.8 Å². The van der Waals surface area contributed by atoms with E-state index in [2.05, 4.69) is 17.4 Å². The average molecular weight is 400 g/mol. The van der Waals surface area contributed by atoms with Crippen LogP contribution in [0.1, 0.15) is 41.6 Å². The van der Waals surface area contributed by atoms with Gasteiger partial charge in [0.2, 0.25) is 5.91 Å². The standard InChI is InChI=1S/C23H26F2N2O2/c24-19-9-10-20(21(25)16-19)23(29)27-14-11-18(12-15-27)22(28)26-13-5-4-8-17-6-2-1-3-7-17/h1-3,6-7,9-10,16,18H,4-5,8,11-15H2,(H,26,28). The van der Waals surface area contributed by atoms with Crippen molar-refractivity contribution in [3.8, 4) is 0 Å². The number of unbranched alkanes of at least 4 members (excludes halogenated alkanes) is 1. The topological polar surface area (TPSA) is 49.4 Å². The molecule has 0 atom stereocenters. The molecule has 0 aliphatic carbocycles. The Morgan fingerprint density at radius 2 is 1.72 bits per heavy atom. The molecule has 1 fully saturated rings. The number of amides is 2. The predicted octanol–water partition coefficient (Wildman–Crippen LogP) is 3.96. The average Bonchev–Trinajstić information content (AvgIpc) is 2.74. The number of benzene rings is 2. The second-order valence-corrected chi connectivity index (χ2v) is 7.42. The Morgan fingerprint density at radius 3 is 2.41 bits per heavy atom. The van der Waals surface area contributed by atoms with E-state index in [1.165, 1.54) is 16.5 Å². The molecule has 0 bridgehead atoms. The molecule has 0 unspecified atom stereocenters. The highest BCUT2D eigenvalue weighted by molar-refractivity contribution is 5.94. The van der Waals surface area contributed by atoms with Crippen LogP contribution in [-0.4, -0.2) is 36.3 Å². The molecule has 0 radical (unpaired) electrons. The van der Waals surface area contributed by atoms with Crippen LogP contribution in [0.5, 0.6) is 0 Å². The number of halogens is 2. The molecule has 0 spiro atoms. The molecular weight excluding hydrogens is 374 g/mol. The van der Waals surface area contributed by atoms with Crippen molar-refractivity contribution in [2.24, 2.45) is 5.92 Å². The molecule has 1 aliphatic rings. The van der Waals surface area contributed by atoms with Crippen LogP contribution in [0, 0.1) is 17.6 Å². The van der Waals surface area contributed by atoms with Crippen LogP contribution in [0.2, 0.25) is 0 Å². The molecular formula is C23H26F2N2O2. The maximum Gasteiger partial charge on any atom is 0.256 e. The van der Waals surface area contributed by atoms with Crippen molar-refractivity contribution in [2.75, 3.05) is 19.6 Å². The smallest absolute Gasteiger partial charge is 0.256 e. The number of hydrogen-bond donors (Lipinski definition) is 1. The minimum atomic E-state index is -0.856. The van der Waals surface area contributed by atoms with Crippen molar-refractivity contribution in [3.05, 3.63) is 71.3 Å². The van der Waals surface area contributed by atoms with E-state index < -0.39 is 17.5 Å². The summed E-state index contributed by atoms with van der Waals surface area (Å²) >= 11 is 0. The van der Waals surface area contributed by atoms with Crippen molar-refractivity contribution in [3.63, 3.8) is 0 Å². The van der Waals surface area contributed by atoms with E-state index in [-0.39, 0.29) is 17.4 Å².